The van der Waals surface area contributed by atoms with Gasteiger partial charge in [-0.2, -0.15) is 0 Å². The van der Waals surface area contributed by atoms with Gasteiger partial charge in [0.1, 0.15) is 11.6 Å². The molecule has 2 aliphatic rings. The van der Waals surface area contributed by atoms with E-state index >= 15 is 0 Å². The third-order valence-electron chi connectivity index (χ3n) is 7.91. The minimum absolute atomic E-state index is 0.113. The van der Waals surface area contributed by atoms with Crippen LogP contribution < -0.4 is 20.3 Å². The summed E-state index contributed by atoms with van der Waals surface area (Å²) in [6.45, 7) is 20.7. The fourth-order valence-electron chi connectivity index (χ4n) is 6.75. The monoisotopic (exact) mass is 503 g/mol. The summed E-state index contributed by atoms with van der Waals surface area (Å²) in [5.41, 5.74) is 5.01. The van der Waals surface area contributed by atoms with Crippen LogP contribution in [0.1, 0.15) is 66.0 Å². The second kappa shape index (κ2) is 9.95. The predicted molar refractivity (Wildman–Crippen MR) is 155 cm³/mol. The Morgan fingerprint density at radius 2 is 1.73 bits per heavy atom. The number of pyridine rings is 1. The molecular formula is C31H45N5O. The topological polar surface area (TPSA) is 54.4 Å². The molecule has 0 unspecified atom stereocenters. The molecule has 3 aromatic rings. The molecule has 0 amide bonds. The molecule has 2 N–H and O–H groups in total. The third kappa shape index (κ3) is 5.65. The van der Waals surface area contributed by atoms with E-state index in [2.05, 4.69) is 99.0 Å². The normalized spacial score (nSPS) is 20.1. The summed E-state index contributed by atoms with van der Waals surface area (Å²) in [4.78, 5) is 7.20. The van der Waals surface area contributed by atoms with Crippen LogP contribution >= 0.6 is 0 Å². The Labute approximate surface area is 222 Å². The van der Waals surface area contributed by atoms with Crippen LogP contribution in [0.15, 0.2) is 36.7 Å². The van der Waals surface area contributed by atoms with E-state index in [1.54, 1.807) is 0 Å². The predicted octanol–water partition coefficient (Wildman–Crippen LogP) is 5.94. The van der Waals surface area contributed by atoms with Gasteiger partial charge in [0.25, 0.3) is 0 Å². The Kier molecular flexibility index (Phi) is 7.01. The van der Waals surface area contributed by atoms with Crippen molar-refractivity contribution in [2.75, 3.05) is 37.7 Å². The molecule has 0 spiro atoms. The molecule has 6 heteroatoms. The Morgan fingerprint density at radius 1 is 1.03 bits per heavy atom. The maximum absolute atomic E-state index is 6.72. The molecule has 0 bridgehead atoms. The number of ether oxygens (including phenoxy) is 1. The summed E-state index contributed by atoms with van der Waals surface area (Å²) in [7, 11) is 0. The largest absolute Gasteiger partial charge is 0.493 e. The molecule has 2 aliphatic heterocycles. The van der Waals surface area contributed by atoms with E-state index in [0.29, 0.717) is 12.0 Å². The number of hydrogen-bond donors (Lipinski definition) is 2. The lowest BCUT2D eigenvalue weighted by atomic mass is 9.76. The number of piperidine rings is 1. The maximum Gasteiger partial charge on any atom is 0.129 e. The first kappa shape index (κ1) is 26.1. The van der Waals surface area contributed by atoms with Gasteiger partial charge in [-0.1, -0.05) is 0 Å². The summed E-state index contributed by atoms with van der Waals surface area (Å²) in [6, 6.07) is 9.30. The number of nitrogens with one attached hydrogen (secondary N) is 2. The molecule has 37 heavy (non-hydrogen) atoms. The molecule has 200 valence electrons. The lowest BCUT2D eigenvalue weighted by Crippen LogP contribution is -2.58. The van der Waals surface area contributed by atoms with Gasteiger partial charge in [-0.3, -0.25) is 0 Å². The van der Waals surface area contributed by atoms with Crippen LogP contribution in [-0.2, 0) is 0 Å². The van der Waals surface area contributed by atoms with Crippen molar-refractivity contribution in [3.63, 3.8) is 0 Å². The molecule has 6 nitrogen and oxygen atoms in total. The molecule has 2 aromatic heterocycles. The maximum atomic E-state index is 6.72. The standard InChI is InChI=1S/C31H45N5O/c1-21(2)36-19-22(3)29-26(36)14-25(24-8-9-28(33-18-24)35-12-10-32-11-13-35)15-27(29)37-20-23-16-30(4,5)34-31(6,7)17-23/h8-9,14-15,18-19,21,23,32,34H,10-13,16-17,20H2,1-7H3. The van der Waals surface area contributed by atoms with Crippen LogP contribution in [0.25, 0.3) is 22.0 Å². The number of fused-ring (bicyclic) bond motifs is 1. The van der Waals surface area contributed by atoms with E-state index in [4.69, 9.17) is 9.72 Å². The van der Waals surface area contributed by atoms with Crippen molar-refractivity contribution in [1.82, 2.24) is 20.2 Å². The minimum atomic E-state index is 0.113. The van der Waals surface area contributed by atoms with E-state index in [1.807, 2.05) is 6.20 Å². The number of rotatable bonds is 6. The quantitative estimate of drug-likeness (QED) is 0.436. The Bertz CT molecular complexity index is 1220. The third-order valence-corrected chi connectivity index (χ3v) is 7.91. The van der Waals surface area contributed by atoms with E-state index in [0.717, 1.165) is 68.3 Å². The smallest absolute Gasteiger partial charge is 0.129 e. The fourth-order valence-corrected chi connectivity index (χ4v) is 6.75. The molecule has 5 rings (SSSR count). The molecule has 0 saturated carbocycles. The van der Waals surface area contributed by atoms with Crippen molar-refractivity contribution in [3.05, 3.63) is 42.2 Å². The lowest BCUT2D eigenvalue weighted by Gasteiger charge is -2.46. The summed E-state index contributed by atoms with van der Waals surface area (Å²) in [5, 5.41) is 8.45. The number of nitrogens with zero attached hydrogens (tertiary/aromatic N) is 3. The van der Waals surface area contributed by atoms with Crippen LogP contribution in [0.3, 0.4) is 0 Å². The first-order valence-corrected chi connectivity index (χ1v) is 14.0. The first-order chi connectivity index (χ1) is 17.5. The zero-order valence-electron chi connectivity index (χ0n) is 23.8. The van der Waals surface area contributed by atoms with Crippen LogP contribution in [0.2, 0.25) is 0 Å². The number of anilines is 1. The SMILES string of the molecule is Cc1cn(C(C)C)c2cc(-c3ccc(N4CCNCC4)nc3)cc(OCC3CC(C)(C)NC(C)(C)C3)c12. The Balaban J connectivity index is 1.48. The molecule has 0 atom stereocenters. The van der Waals surface area contributed by atoms with Crippen molar-refractivity contribution in [3.8, 4) is 16.9 Å². The van der Waals surface area contributed by atoms with Gasteiger partial charge in [0.05, 0.1) is 12.1 Å². The highest BCUT2D eigenvalue weighted by Crippen LogP contribution is 2.39. The zero-order chi connectivity index (χ0) is 26.4. The van der Waals surface area contributed by atoms with Crippen molar-refractivity contribution >= 4 is 16.7 Å². The number of benzene rings is 1. The molecule has 4 heterocycles. The van der Waals surface area contributed by atoms with Gasteiger partial charge in [0.2, 0.25) is 0 Å². The Hall–Kier alpha value is -2.57. The summed E-state index contributed by atoms with van der Waals surface area (Å²) >= 11 is 0. The molecule has 1 aromatic carbocycles. The highest BCUT2D eigenvalue weighted by atomic mass is 16.5. The van der Waals surface area contributed by atoms with Crippen molar-refractivity contribution in [2.24, 2.45) is 5.92 Å². The van der Waals surface area contributed by atoms with Gasteiger partial charge < -0.3 is 24.8 Å². The van der Waals surface area contributed by atoms with Crippen LogP contribution in [-0.4, -0.2) is 53.4 Å². The Morgan fingerprint density at radius 3 is 2.35 bits per heavy atom. The average molecular weight is 504 g/mol. The molecular weight excluding hydrogens is 458 g/mol. The molecule has 2 saturated heterocycles. The van der Waals surface area contributed by atoms with E-state index in [9.17, 15) is 0 Å². The van der Waals surface area contributed by atoms with Gasteiger partial charge in [0, 0.05) is 66.6 Å². The lowest BCUT2D eigenvalue weighted by molar-refractivity contribution is 0.0940. The van der Waals surface area contributed by atoms with E-state index in [1.165, 1.54) is 16.5 Å². The fraction of sp³-hybridized carbons (Fsp3) is 0.581. The van der Waals surface area contributed by atoms with Gasteiger partial charge in [-0.15, -0.1) is 0 Å². The van der Waals surface area contributed by atoms with Gasteiger partial charge in [-0.05, 0) is 103 Å². The minimum Gasteiger partial charge on any atom is -0.493 e. The van der Waals surface area contributed by atoms with E-state index in [-0.39, 0.29) is 11.1 Å². The average Bonchev–Trinajstić information content (AvgIpc) is 3.18. The van der Waals surface area contributed by atoms with Crippen LogP contribution in [0.4, 0.5) is 5.82 Å². The second-order valence-electron chi connectivity index (χ2n) is 12.8. The summed E-state index contributed by atoms with van der Waals surface area (Å²) in [5.74, 6) is 2.56. The van der Waals surface area contributed by atoms with Crippen LogP contribution in [0.5, 0.6) is 5.75 Å². The number of aryl methyl sites for hydroxylation is 1. The van der Waals surface area contributed by atoms with E-state index < -0.39 is 0 Å². The number of hydrogen-bond acceptors (Lipinski definition) is 5. The molecule has 2 fully saturated rings. The van der Waals surface area contributed by atoms with Gasteiger partial charge in [0.15, 0.2) is 0 Å². The zero-order valence-corrected chi connectivity index (χ0v) is 23.8. The highest BCUT2D eigenvalue weighted by molar-refractivity contribution is 5.94. The van der Waals surface area contributed by atoms with Crippen LogP contribution in [0, 0.1) is 12.8 Å². The first-order valence-electron chi connectivity index (χ1n) is 14.0. The number of piperazine rings is 1. The summed E-state index contributed by atoms with van der Waals surface area (Å²) < 4.78 is 9.10. The van der Waals surface area contributed by atoms with Gasteiger partial charge in [-0.25, -0.2) is 4.98 Å². The van der Waals surface area contributed by atoms with Crippen molar-refractivity contribution < 1.29 is 4.74 Å². The molecule has 0 aliphatic carbocycles. The second-order valence-corrected chi connectivity index (χ2v) is 12.8. The highest BCUT2D eigenvalue weighted by Gasteiger charge is 2.38. The molecule has 0 radical (unpaired) electrons. The number of aromatic nitrogens is 2. The van der Waals surface area contributed by atoms with Crippen molar-refractivity contribution in [1.29, 1.82) is 0 Å². The van der Waals surface area contributed by atoms with Crippen molar-refractivity contribution in [2.45, 2.75) is 78.4 Å². The summed E-state index contributed by atoms with van der Waals surface area (Å²) in [6.07, 6.45) is 6.52. The van der Waals surface area contributed by atoms with Gasteiger partial charge >= 0.3 is 0 Å².